The fourth-order valence-corrected chi connectivity index (χ4v) is 2.17. The Morgan fingerprint density at radius 2 is 2.36 bits per heavy atom. The van der Waals surface area contributed by atoms with Crippen LogP contribution in [-0.4, -0.2) is 23.0 Å². The van der Waals surface area contributed by atoms with Crippen molar-refractivity contribution < 1.29 is 9.52 Å². The number of hydrogen-bond acceptors (Lipinski definition) is 4. The Kier molecular flexibility index (Phi) is 4.04. The first-order valence-electron chi connectivity index (χ1n) is 4.64. The second-order valence-corrected chi connectivity index (χ2v) is 4.78. The normalized spacial score (nSPS) is 15.4. The molecule has 3 N–H and O–H groups in total. The molecule has 1 aromatic rings. The van der Waals surface area contributed by atoms with Crippen molar-refractivity contribution in [2.75, 3.05) is 12.3 Å². The Hall–Kier alpha value is -0.450. The number of hydrogen-bond donors (Lipinski definition) is 2. The minimum Gasteiger partial charge on any atom is -0.468 e. The molecular weight excluding hydrogens is 198 g/mol. The Labute approximate surface area is 88.7 Å². The molecule has 0 aliphatic heterocycles. The SMILES string of the molecule is Cc1occc1SCCC(C)(O)CN. The van der Waals surface area contributed by atoms with E-state index < -0.39 is 5.60 Å². The maximum Gasteiger partial charge on any atom is 0.114 e. The van der Waals surface area contributed by atoms with Gasteiger partial charge >= 0.3 is 0 Å². The molecule has 0 aromatic carbocycles. The maximum absolute atomic E-state index is 9.66. The molecule has 0 aliphatic carbocycles. The lowest BCUT2D eigenvalue weighted by atomic mass is 10.1. The predicted octanol–water partition coefficient (Wildman–Crippen LogP) is 1.78. The van der Waals surface area contributed by atoms with Gasteiger partial charge < -0.3 is 15.3 Å². The van der Waals surface area contributed by atoms with Crippen LogP contribution in [0.4, 0.5) is 0 Å². The molecule has 4 heteroatoms. The van der Waals surface area contributed by atoms with Crippen molar-refractivity contribution in [3.8, 4) is 0 Å². The first-order valence-corrected chi connectivity index (χ1v) is 5.63. The Balaban J connectivity index is 2.32. The third-order valence-corrected chi connectivity index (χ3v) is 3.29. The second kappa shape index (κ2) is 4.87. The summed E-state index contributed by atoms with van der Waals surface area (Å²) < 4.78 is 5.17. The number of aryl methyl sites for hydroxylation is 1. The molecule has 0 bridgehead atoms. The van der Waals surface area contributed by atoms with Crippen LogP contribution in [-0.2, 0) is 0 Å². The zero-order valence-corrected chi connectivity index (χ0v) is 9.43. The monoisotopic (exact) mass is 215 g/mol. The van der Waals surface area contributed by atoms with E-state index in [1.807, 2.05) is 13.0 Å². The molecule has 0 aliphatic rings. The van der Waals surface area contributed by atoms with E-state index in [1.165, 1.54) is 0 Å². The van der Waals surface area contributed by atoms with E-state index in [2.05, 4.69) is 0 Å². The quantitative estimate of drug-likeness (QED) is 0.735. The Morgan fingerprint density at radius 1 is 1.64 bits per heavy atom. The van der Waals surface area contributed by atoms with Gasteiger partial charge in [-0.2, -0.15) is 0 Å². The van der Waals surface area contributed by atoms with Gasteiger partial charge in [0.1, 0.15) is 5.76 Å². The van der Waals surface area contributed by atoms with Crippen LogP contribution in [0.2, 0.25) is 0 Å². The zero-order chi connectivity index (χ0) is 10.6. The first kappa shape index (κ1) is 11.6. The van der Waals surface area contributed by atoms with Crippen LogP contribution in [0, 0.1) is 6.92 Å². The lowest BCUT2D eigenvalue weighted by molar-refractivity contribution is 0.0665. The van der Waals surface area contributed by atoms with E-state index in [4.69, 9.17) is 10.2 Å². The minimum atomic E-state index is -0.745. The number of aliphatic hydroxyl groups is 1. The third-order valence-electron chi connectivity index (χ3n) is 2.15. The molecule has 0 spiro atoms. The van der Waals surface area contributed by atoms with Gasteiger partial charge in [0.05, 0.1) is 11.9 Å². The topological polar surface area (TPSA) is 59.4 Å². The molecule has 1 unspecified atom stereocenters. The zero-order valence-electron chi connectivity index (χ0n) is 8.62. The summed E-state index contributed by atoms with van der Waals surface area (Å²) in [5, 5.41) is 9.66. The molecule has 0 saturated heterocycles. The molecule has 3 nitrogen and oxygen atoms in total. The molecule has 14 heavy (non-hydrogen) atoms. The minimum absolute atomic E-state index is 0.304. The molecule has 1 aromatic heterocycles. The van der Waals surface area contributed by atoms with Crippen LogP contribution in [0.5, 0.6) is 0 Å². The standard InChI is InChI=1S/C10H17NO2S/c1-8-9(3-5-13-8)14-6-4-10(2,12)7-11/h3,5,12H,4,6-7,11H2,1-2H3. The number of thioether (sulfide) groups is 1. The van der Waals surface area contributed by atoms with Gasteiger partial charge in [-0.3, -0.25) is 0 Å². The van der Waals surface area contributed by atoms with Gasteiger partial charge in [-0.05, 0) is 26.3 Å². The summed E-state index contributed by atoms with van der Waals surface area (Å²) in [4.78, 5) is 1.14. The molecule has 0 fully saturated rings. The summed E-state index contributed by atoms with van der Waals surface area (Å²) in [6, 6.07) is 1.94. The lowest BCUT2D eigenvalue weighted by Crippen LogP contribution is -2.34. The highest BCUT2D eigenvalue weighted by Gasteiger charge is 2.17. The number of furan rings is 1. The number of nitrogens with two attached hydrogens (primary N) is 1. The van der Waals surface area contributed by atoms with Gasteiger partial charge in [0.25, 0.3) is 0 Å². The van der Waals surface area contributed by atoms with Crippen LogP contribution in [0.3, 0.4) is 0 Å². The van der Waals surface area contributed by atoms with Crippen LogP contribution in [0.1, 0.15) is 19.1 Å². The molecule has 0 saturated carbocycles. The molecule has 0 amide bonds. The summed E-state index contributed by atoms with van der Waals surface area (Å²) in [6.45, 7) is 4.00. The molecule has 1 heterocycles. The van der Waals surface area contributed by atoms with E-state index in [1.54, 1.807) is 24.9 Å². The van der Waals surface area contributed by atoms with Crippen molar-refractivity contribution in [3.05, 3.63) is 18.1 Å². The fraction of sp³-hybridized carbons (Fsp3) is 0.600. The lowest BCUT2D eigenvalue weighted by Gasteiger charge is -2.20. The summed E-state index contributed by atoms with van der Waals surface area (Å²) in [5.41, 5.74) is 4.67. The highest BCUT2D eigenvalue weighted by atomic mass is 32.2. The largest absolute Gasteiger partial charge is 0.468 e. The van der Waals surface area contributed by atoms with Crippen molar-refractivity contribution in [2.45, 2.75) is 30.8 Å². The second-order valence-electron chi connectivity index (χ2n) is 3.64. The van der Waals surface area contributed by atoms with Crippen molar-refractivity contribution in [2.24, 2.45) is 5.73 Å². The van der Waals surface area contributed by atoms with Crippen LogP contribution < -0.4 is 5.73 Å². The van der Waals surface area contributed by atoms with Crippen molar-refractivity contribution in [3.63, 3.8) is 0 Å². The van der Waals surface area contributed by atoms with Gasteiger partial charge in [0.15, 0.2) is 0 Å². The molecule has 1 atom stereocenters. The third kappa shape index (κ3) is 3.36. The summed E-state index contributed by atoms with van der Waals surface area (Å²) in [5.74, 6) is 1.78. The van der Waals surface area contributed by atoms with Gasteiger partial charge in [-0.25, -0.2) is 0 Å². The van der Waals surface area contributed by atoms with Crippen molar-refractivity contribution >= 4 is 11.8 Å². The van der Waals surface area contributed by atoms with E-state index in [-0.39, 0.29) is 0 Å². The van der Waals surface area contributed by atoms with Crippen LogP contribution in [0.15, 0.2) is 21.6 Å². The van der Waals surface area contributed by atoms with Crippen LogP contribution in [0.25, 0.3) is 0 Å². The fourth-order valence-electron chi connectivity index (χ4n) is 1.01. The van der Waals surface area contributed by atoms with Crippen molar-refractivity contribution in [1.82, 2.24) is 0 Å². The summed E-state index contributed by atoms with van der Waals surface area (Å²) in [6.07, 6.45) is 2.37. The summed E-state index contributed by atoms with van der Waals surface area (Å²) in [7, 11) is 0. The summed E-state index contributed by atoms with van der Waals surface area (Å²) >= 11 is 1.69. The highest BCUT2D eigenvalue weighted by molar-refractivity contribution is 7.99. The van der Waals surface area contributed by atoms with Gasteiger partial charge in [-0.15, -0.1) is 11.8 Å². The maximum atomic E-state index is 9.66. The average molecular weight is 215 g/mol. The van der Waals surface area contributed by atoms with Gasteiger partial charge in [0, 0.05) is 17.2 Å². The highest BCUT2D eigenvalue weighted by Crippen LogP contribution is 2.25. The van der Waals surface area contributed by atoms with Gasteiger partial charge in [0.2, 0.25) is 0 Å². The number of rotatable bonds is 5. The van der Waals surface area contributed by atoms with E-state index in [9.17, 15) is 5.11 Å². The predicted molar refractivity (Wildman–Crippen MR) is 58.5 cm³/mol. The van der Waals surface area contributed by atoms with E-state index in [0.717, 1.165) is 16.4 Å². The smallest absolute Gasteiger partial charge is 0.114 e. The molecular formula is C10H17NO2S. The van der Waals surface area contributed by atoms with Crippen molar-refractivity contribution in [1.29, 1.82) is 0 Å². The van der Waals surface area contributed by atoms with Gasteiger partial charge in [-0.1, -0.05) is 0 Å². The Bertz CT molecular complexity index is 283. The Morgan fingerprint density at radius 3 is 2.86 bits per heavy atom. The van der Waals surface area contributed by atoms with Crippen LogP contribution >= 0.6 is 11.8 Å². The van der Waals surface area contributed by atoms with E-state index >= 15 is 0 Å². The molecule has 0 radical (unpaired) electrons. The molecule has 80 valence electrons. The average Bonchev–Trinajstić information content (AvgIpc) is 2.52. The molecule has 1 rings (SSSR count). The first-order chi connectivity index (χ1) is 6.55. The van der Waals surface area contributed by atoms with E-state index in [0.29, 0.717) is 13.0 Å².